The number of rotatable bonds is 2. The summed E-state index contributed by atoms with van der Waals surface area (Å²) in [4.78, 5) is 26.1. The number of nitrogens with one attached hydrogen (secondary N) is 1. The fourth-order valence-electron chi connectivity index (χ4n) is 2.28. The van der Waals surface area contributed by atoms with Gasteiger partial charge in [-0.15, -0.1) is 0 Å². The highest BCUT2D eigenvalue weighted by atomic mass is 16.2. The van der Waals surface area contributed by atoms with E-state index in [9.17, 15) is 9.59 Å². The highest BCUT2D eigenvalue weighted by Gasteiger charge is 2.20. The first-order valence-electron chi connectivity index (χ1n) is 6.42. The van der Waals surface area contributed by atoms with Crippen molar-refractivity contribution in [3.8, 4) is 0 Å². The highest BCUT2D eigenvalue weighted by Crippen LogP contribution is 2.14. The molecule has 1 aromatic carbocycles. The standard InChI is InChI=1S/C14H19N3O2/c1-11-7-12(2)9-13(8-11)15-14(19)17-5-3-16(10-18)4-6-17/h7-10H,3-6H2,1-2H3,(H,15,19). The lowest BCUT2D eigenvalue weighted by Gasteiger charge is -2.32. The number of piperazine rings is 1. The van der Waals surface area contributed by atoms with Crippen LogP contribution in [-0.4, -0.2) is 48.4 Å². The predicted molar refractivity (Wildman–Crippen MR) is 74.1 cm³/mol. The van der Waals surface area contributed by atoms with Crippen LogP contribution in [0.5, 0.6) is 0 Å². The Hall–Kier alpha value is -2.04. The zero-order chi connectivity index (χ0) is 13.8. The van der Waals surface area contributed by atoms with E-state index in [1.807, 2.05) is 26.0 Å². The van der Waals surface area contributed by atoms with Crippen LogP contribution in [0, 0.1) is 13.8 Å². The number of hydrogen-bond acceptors (Lipinski definition) is 2. The first-order valence-corrected chi connectivity index (χ1v) is 6.42. The summed E-state index contributed by atoms with van der Waals surface area (Å²) < 4.78 is 0. The molecule has 1 aromatic rings. The molecule has 0 unspecified atom stereocenters. The van der Waals surface area contributed by atoms with Crippen LogP contribution >= 0.6 is 0 Å². The summed E-state index contributed by atoms with van der Waals surface area (Å²) in [5.74, 6) is 0. The third-order valence-corrected chi connectivity index (χ3v) is 3.22. The van der Waals surface area contributed by atoms with Crippen LogP contribution in [0.4, 0.5) is 10.5 Å². The van der Waals surface area contributed by atoms with Gasteiger partial charge in [0.15, 0.2) is 0 Å². The number of anilines is 1. The van der Waals surface area contributed by atoms with Gasteiger partial charge in [0.2, 0.25) is 6.41 Å². The third kappa shape index (κ3) is 3.47. The smallest absolute Gasteiger partial charge is 0.321 e. The number of amides is 3. The summed E-state index contributed by atoms with van der Waals surface area (Å²) in [5.41, 5.74) is 3.07. The minimum absolute atomic E-state index is 0.101. The molecule has 1 fully saturated rings. The second-order valence-corrected chi connectivity index (χ2v) is 4.93. The molecule has 0 saturated carbocycles. The quantitative estimate of drug-likeness (QED) is 0.822. The van der Waals surface area contributed by atoms with E-state index in [0.717, 1.165) is 23.2 Å². The monoisotopic (exact) mass is 261 g/mol. The molecule has 1 saturated heterocycles. The number of carbonyl (C=O) groups is 2. The van der Waals surface area contributed by atoms with Crippen molar-refractivity contribution in [2.24, 2.45) is 0 Å². The van der Waals surface area contributed by atoms with E-state index in [4.69, 9.17) is 0 Å². The van der Waals surface area contributed by atoms with E-state index in [1.165, 1.54) is 0 Å². The fraction of sp³-hybridized carbons (Fsp3) is 0.429. The Morgan fingerprint density at radius 3 is 2.21 bits per heavy atom. The number of nitrogens with zero attached hydrogens (tertiary/aromatic N) is 2. The van der Waals surface area contributed by atoms with Crippen molar-refractivity contribution >= 4 is 18.1 Å². The molecule has 0 aromatic heterocycles. The van der Waals surface area contributed by atoms with Crippen LogP contribution in [0.2, 0.25) is 0 Å². The molecule has 5 heteroatoms. The van der Waals surface area contributed by atoms with Crippen LogP contribution in [0.3, 0.4) is 0 Å². The van der Waals surface area contributed by atoms with Crippen molar-refractivity contribution in [2.75, 3.05) is 31.5 Å². The molecule has 0 aliphatic carbocycles. The molecule has 102 valence electrons. The average molecular weight is 261 g/mol. The van der Waals surface area contributed by atoms with Gasteiger partial charge in [0.25, 0.3) is 0 Å². The summed E-state index contributed by atoms with van der Waals surface area (Å²) in [7, 11) is 0. The Morgan fingerprint density at radius 1 is 1.11 bits per heavy atom. The molecule has 0 bridgehead atoms. The number of urea groups is 1. The van der Waals surface area contributed by atoms with Crippen LogP contribution in [0.1, 0.15) is 11.1 Å². The molecule has 1 aliphatic heterocycles. The first kappa shape index (κ1) is 13.4. The van der Waals surface area contributed by atoms with Crippen molar-refractivity contribution in [3.05, 3.63) is 29.3 Å². The van der Waals surface area contributed by atoms with Crippen LogP contribution < -0.4 is 5.32 Å². The summed E-state index contributed by atoms with van der Waals surface area (Å²) >= 11 is 0. The molecule has 3 amide bonds. The molecule has 19 heavy (non-hydrogen) atoms. The van der Waals surface area contributed by atoms with Crippen LogP contribution in [0.15, 0.2) is 18.2 Å². The Morgan fingerprint density at radius 2 is 1.68 bits per heavy atom. The third-order valence-electron chi connectivity index (χ3n) is 3.22. The normalized spacial score (nSPS) is 15.3. The second-order valence-electron chi connectivity index (χ2n) is 4.93. The number of aryl methyl sites for hydroxylation is 2. The summed E-state index contributed by atoms with van der Waals surface area (Å²) in [5, 5.41) is 2.91. The van der Waals surface area contributed by atoms with E-state index in [-0.39, 0.29) is 6.03 Å². The molecule has 0 atom stereocenters. The Bertz CT molecular complexity index is 459. The summed E-state index contributed by atoms with van der Waals surface area (Å²) in [6, 6.07) is 5.87. The van der Waals surface area contributed by atoms with Gasteiger partial charge < -0.3 is 15.1 Å². The topological polar surface area (TPSA) is 52.7 Å². The maximum Gasteiger partial charge on any atom is 0.321 e. The van der Waals surface area contributed by atoms with Crippen molar-refractivity contribution in [3.63, 3.8) is 0 Å². The van der Waals surface area contributed by atoms with E-state index >= 15 is 0 Å². The van der Waals surface area contributed by atoms with Gasteiger partial charge >= 0.3 is 6.03 Å². The minimum Gasteiger partial charge on any atom is -0.342 e. The average Bonchev–Trinajstić information content (AvgIpc) is 2.37. The molecule has 1 N–H and O–H groups in total. The first-order chi connectivity index (χ1) is 9.08. The van der Waals surface area contributed by atoms with Crippen molar-refractivity contribution in [1.29, 1.82) is 0 Å². The number of carbonyl (C=O) groups excluding carboxylic acids is 2. The zero-order valence-corrected chi connectivity index (χ0v) is 11.3. The van der Waals surface area contributed by atoms with Crippen LogP contribution in [0.25, 0.3) is 0 Å². The van der Waals surface area contributed by atoms with Crippen molar-refractivity contribution in [1.82, 2.24) is 9.80 Å². The van der Waals surface area contributed by atoms with E-state index in [0.29, 0.717) is 26.2 Å². The molecule has 0 spiro atoms. The molecular formula is C14H19N3O2. The van der Waals surface area contributed by atoms with Gasteiger partial charge in [-0.3, -0.25) is 4.79 Å². The molecule has 1 aliphatic rings. The SMILES string of the molecule is Cc1cc(C)cc(NC(=O)N2CCN(C=O)CC2)c1. The van der Waals surface area contributed by atoms with Gasteiger partial charge in [-0.1, -0.05) is 6.07 Å². The highest BCUT2D eigenvalue weighted by molar-refractivity contribution is 5.89. The van der Waals surface area contributed by atoms with Crippen LogP contribution in [-0.2, 0) is 4.79 Å². The Balaban J connectivity index is 1.96. The zero-order valence-electron chi connectivity index (χ0n) is 11.3. The molecule has 0 radical (unpaired) electrons. The number of benzene rings is 1. The molecule has 5 nitrogen and oxygen atoms in total. The summed E-state index contributed by atoms with van der Waals surface area (Å²) in [6.45, 7) is 6.37. The van der Waals surface area contributed by atoms with Crippen molar-refractivity contribution < 1.29 is 9.59 Å². The maximum atomic E-state index is 12.1. The molecule has 2 rings (SSSR count). The van der Waals surface area contributed by atoms with Crippen molar-refractivity contribution in [2.45, 2.75) is 13.8 Å². The van der Waals surface area contributed by atoms with E-state index in [2.05, 4.69) is 11.4 Å². The van der Waals surface area contributed by atoms with Gasteiger partial charge in [0.1, 0.15) is 0 Å². The van der Waals surface area contributed by atoms with Gasteiger partial charge in [-0.2, -0.15) is 0 Å². The summed E-state index contributed by atoms with van der Waals surface area (Å²) in [6.07, 6.45) is 0.833. The van der Waals surface area contributed by atoms with E-state index < -0.39 is 0 Å². The maximum absolute atomic E-state index is 12.1. The Labute approximate surface area is 113 Å². The predicted octanol–water partition coefficient (Wildman–Crippen LogP) is 1.61. The lowest BCUT2D eigenvalue weighted by atomic mass is 10.1. The lowest BCUT2D eigenvalue weighted by molar-refractivity contribution is -0.119. The van der Waals surface area contributed by atoms with Gasteiger partial charge in [-0.25, -0.2) is 4.79 Å². The largest absolute Gasteiger partial charge is 0.342 e. The van der Waals surface area contributed by atoms with Gasteiger partial charge in [0, 0.05) is 31.9 Å². The van der Waals surface area contributed by atoms with E-state index in [1.54, 1.807) is 9.80 Å². The lowest BCUT2D eigenvalue weighted by Crippen LogP contribution is -2.49. The van der Waals surface area contributed by atoms with Gasteiger partial charge in [-0.05, 0) is 37.1 Å². The minimum atomic E-state index is -0.101. The molecular weight excluding hydrogens is 242 g/mol. The molecule has 1 heterocycles. The number of hydrogen-bond donors (Lipinski definition) is 1. The fourth-order valence-corrected chi connectivity index (χ4v) is 2.28. The van der Waals surface area contributed by atoms with Gasteiger partial charge in [0.05, 0.1) is 0 Å². The second kappa shape index (κ2) is 5.73. The Kier molecular flexibility index (Phi) is 4.04.